The van der Waals surface area contributed by atoms with Crippen molar-refractivity contribution in [1.29, 1.82) is 0 Å². The van der Waals surface area contributed by atoms with E-state index in [9.17, 15) is 4.79 Å². The number of rotatable bonds is 3. The first kappa shape index (κ1) is 14.9. The first-order chi connectivity index (χ1) is 9.45. The molecule has 0 atom stereocenters. The summed E-state index contributed by atoms with van der Waals surface area (Å²) < 4.78 is 0. The number of hydrogen-bond donors (Lipinski definition) is 1. The predicted octanol–water partition coefficient (Wildman–Crippen LogP) is 4.79. The van der Waals surface area contributed by atoms with E-state index in [0.717, 1.165) is 16.8 Å². The van der Waals surface area contributed by atoms with E-state index in [-0.39, 0.29) is 12.3 Å². The lowest BCUT2D eigenvalue weighted by Gasteiger charge is -2.09. The van der Waals surface area contributed by atoms with Crippen LogP contribution >= 0.6 is 23.2 Å². The van der Waals surface area contributed by atoms with Crippen molar-refractivity contribution in [2.24, 2.45) is 0 Å². The van der Waals surface area contributed by atoms with Crippen LogP contribution in [0.15, 0.2) is 36.4 Å². The predicted molar refractivity (Wildman–Crippen MR) is 84.7 cm³/mol. The minimum absolute atomic E-state index is 0.134. The number of carbonyl (C=O) groups excluding carboxylic acids is 1. The molecule has 0 aromatic heterocycles. The van der Waals surface area contributed by atoms with E-state index in [2.05, 4.69) is 11.4 Å². The molecule has 0 heterocycles. The van der Waals surface area contributed by atoms with Crippen LogP contribution in [0.1, 0.15) is 16.7 Å². The molecule has 104 valence electrons. The largest absolute Gasteiger partial charge is 0.326 e. The molecule has 0 saturated carbocycles. The summed E-state index contributed by atoms with van der Waals surface area (Å²) in [5.74, 6) is -0.134. The normalized spacial score (nSPS) is 10.4. The van der Waals surface area contributed by atoms with E-state index in [1.54, 1.807) is 18.2 Å². The molecule has 2 aromatic carbocycles. The van der Waals surface area contributed by atoms with Gasteiger partial charge in [-0.15, -0.1) is 0 Å². The van der Waals surface area contributed by atoms with Gasteiger partial charge in [0.2, 0.25) is 5.91 Å². The number of hydrogen-bond acceptors (Lipinski definition) is 1. The number of aryl methyl sites for hydroxylation is 2. The highest BCUT2D eigenvalue weighted by Crippen LogP contribution is 2.25. The molecule has 0 radical (unpaired) electrons. The van der Waals surface area contributed by atoms with E-state index >= 15 is 0 Å². The van der Waals surface area contributed by atoms with Crippen molar-refractivity contribution in [3.05, 3.63) is 63.1 Å². The molecular formula is C16H15Cl2NO. The van der Waals surface area contributed by atoms with Crippen molar-refractivity contribution < 1.29 is 4.79 Å². The summed E-state index contributed by atoms with van der Waals surface area (Å²) in [7, 11) is 0. The van der Waals surface area contributed by atoms with Gasteiger partial charge in [-0.1, -0.05) is 35.3 Å². The standard InChI is InChI=1S/C16H15Cl2NO/c1-10-6-11(2)8-12(7-10)19-16(20)9-13-14(17)4-3-5-15(13)18/h3-8H,9H2,1-2H3,(H,19,20). The third kappa shape index (κ3) is 3.75. The smallest absolute Gasteiger partial charge is 0.228 e. The van der Waals surface area contributed by atoms with Crippen molar-refractivity contribution in [2.75, 3.05) is 5.32 Å². The molecule has 0 aliphatic rings. The molecule has 0 spiro atoms. The van der Waals surface area contributed by atoms with Crippen LogP contribution in [-0.2, 0) is 11.2 Å². The second-order valence-electron chi connectivity index (χ2n) is 4.80. The summed E-state index contributed by atoms with van der Waals surface area (Å²) in [6.45, 7) is 3.99. The van der Waals surface area contributed by atoms with Crippen LogP contribution < -0.4 is 5.32 Å². The van der Waals surface area contributed by atoms with Gasteiger partial charge in [0.15, 0.2) is 0 Å². The average molecular weight is 308 g/mol. The number of anilines is 1. The fourth-order valence-corrected chi connectivity index (χ4v) is 2.64. The summed E-state index contributed by atoms with van der Waals surface area (Å²) in [6.07, 6.45) is 0.158. The Morgan fingerprint density at radius 1 is 1.05 bits per heavy atom. The number of amides is 1. The van der Waals surface area contributed by atoms with Crippen LogP contribution in [0.25, 0.3) is 0 Å². The molecular weight excluding hydrogens is 293 g/mol. The Morgan fingerprint density at radius 2 is 1.60 bits per heavy atom. The summed E-state index contributed by atoms with van der Waals surface area (Å²) in [5.41, 5.74) is 3.65. The molecule has 2 aromatic rings. The van der Waals surface area contributed by atoms with E-state index in [4.69, 9.17) is 23.2 Å². The van der Waals surface area contributed by atoms with E-state index in [1.807, 2.05) is 26.0 Å². The Balaban J connectivity index is 2.13. The highest BCUT2D eigenvalue weighted by atomic mass is 35.5. The Hall–Kier alpha value is -1.51. The Labute approximate surface area is 128 Å². The lowest BCUT2D eigenvalue weighted by atomic mass is 10.1. The zero-order chi connectivity index (χ0) is 14.7. The van der Waals surface area contributed by atoms with Gasteiger partial charge < -0.3 is 5.32 Å². The molecule has 0 aliphatic carbocycles. The van der Waals surface area contributed by atoms with Crippen molar-refractivity contribution in [3.8, 4) is 0 Å². The zero-order valence-electron chi connectivity index (χ0n) is 11.3. The monoisotopic (exact) mass is 307 g/mol. The van der Waals surface area contributed by atoms with Crippen molar-refractivity contribution in [2.45, 2.75) is 20.3 Å². The maximum absolute atomic E-state index is 12.1. The minimum Gasteiger partial charge on any atom is -0.326 e. The van der Waals surface area contributed by atoms with Gasteiger partial charge in [0.25, 0.3) is 0 Å². The fourth-order valence-electron chi connectivity index (χ4n) is 2.11. The molecule has 1 amide bonds. The number of benzene rings is 2. The number of nitrogens with one attached hydrogen (secondary N) is 1. The van der Waals surface area contributed by atoms with Gasteiger partial charge in [0.05, 0.1) is 6.42 Å². The average Bonchev–Trinajstić information content (AvgIpc) is 2.32. The van der Waals surface area contributed by atoms with E-state index in [1.165, 1.54) is 0 Å². The quantitative estimate of drug-likeness (QED) is 0.867. The van der Waals surface area contributed by atoms with E-state index < -0.39 is 0 Å². The first-order valence-corrected chi connectivity index (χ1v) is 7.02. The molecule has 0 saturated heterocycles. The molecule has 20 heavy (non-hydrogen) atoms. The highest BCUT2D eigenvalue weighted by molar-refractivity contribution is 6.36. The minimum atomic E-state index is -0.134. The first-order valence-electron chi connectivity index (χ1n) is 6.27. The zero-order valence-corrected chi connectivity index (χ0v) is 12.8. The molecule has 1 N–H and O–H groups in total. The topological polar surface area (TPSA) is 29.1 Å². The second-order valence-corrected chi connectivity index (χ2v) is 5.62. The van der Waals surface area contributed by atoms with Gasteiger partial charge in [0.1, 0.15) is 0 Å². The summed E-state index contributed by atoms with van der Waals surface area (Å²) >= 11 is 12.1. The van der Waals surface area contributed by atoms with Crippen LogP contribution in [-0.4, -0.2) is 5.91 Å². The Kier molecular flexibility index (Phi) is 4.69. The second kappa shape index (κ2) is 6.29. The van der Waals surface area contributed by atoms with Gasteiger partial charge in [-0.25, -0.2) is 0 Å². The van der Waals surface area contributed by atoms with Crippen LogP contribution in [0.5, 0.6) is 0 Å². The van der Waals surface area contributed by atoms with Gasteiger partial charge in [-0.05, 0) is 54.8 Å². The third-order valence-corrected chi connectivity index (χ3v) is 3.61. The van der Waals surface area contributed by atoms with E-state index in [0.29, 0.717) is 15.6 Å². The summed E-state index contributed by atoms with van der Waals surface area (Å²) in [4.78, 5) is 12.1. The van der Waals surface area contributed by atoms with Gasteiger partial charge in [-0.2, -0.15) is 0 Å². The molecule has 0 aliphatic heterocycles. The Morgan fingerprint density at radius 3 is 2.15 bits per heavy atom. The van der Waals surface area contributed by atoms with Gasteiger partial charge in [0, 0.05) is 15.7 Å². The van der Waals surface area contributed by atoms with Crippen molar-refractivity contribution in [3.63, 3.8) is 0 Å². The fraction of sp³-hybridized carbons (Fsp3) is 0.188. The lowest BCUT2D eigenvalue weighted by Crippen LogP contribution is -2.15. The van der Waals surface area contributed by atoms with Crippen LogP contribution in [0.4, 0.5) is 5.69 Å². The number of halogens is 2. The lowest BCUT2D eigenvalue weighted by molar-refractivity contribution is -0.115. The van der Waals surface area contributed by atoms with Gasteiger partial charge in [-0.3, -0.25) is 4.79 Å². The van der Waals surface area contributed by atoms with Crippen LogP contribution in [0.2, 0.25) is 10.0 Å². The SMILES string of the molecule is Cc1cc(C)cc(NC(=O)Cc2c(Cl)cccc2Cl)c1. The maximum Gasteiger partial charge on any atom is 0.228 e. The summed E-state index contributed by atoms with van der Waals surface area (Å²) in [5, 5.41) is 3.89. The molecule has 2 rings (SSSR count). The number of carbonyl (C=O) groups is 1. The van der Waals surface area contributed by atoms with Gasteiger partial charge >= 0.3 is 0 Å². The molecule has 0 unspecified atom stereocenters. The van der Waals surface area contributed by atoms with Crippen molar-refractivity contribution in [1.82, 2.24) is 0 Å². The Bertz CT molecular complexity index is 612. The summed E-state index contributed by atoms with van der Waals surface area (Å²) in [6, 6.07) is 11.1. The molecule has 4 heteroatoms. The maximum atomic E-state index is 12.1. The molecule has 0 bridgehead atoms. The highest BCUT2D eigenvalue weighted by Gasteiger charge is 2.11. The van der Waals surface area contributed by atoms with Crippen LogP contribution in [0.3, 0.4) is 0 Å². The van der Waals surface area contributed by atoms with Crippen molar-refractivity contribution >= 4 is 34.8 Å². The van der Waals surface area contributed by atoms with Crippen LogP contribution in [0, 0.1) is 13.8 Å². The third-order valence-electron chi connectivity index (χ3n) is 2.90. The molecule has 2 nitrogen and oxygen atoms in total. The molecule has 0 fully saturated rings.